The van der Waals surface area contributed by atoms with Gasteiger partial charge < -0.3 is 9.47 Å². The molecule has 0 amide bonds. The molecule has 0 aliphatic rings. The van der Waals surface area contributed by atoms with Crippen LogP contribution in [0.1, 0.15) is 25.8 Å². The number of hydrazone groups is 1. The third kappa shape index (κ3) is 5.04. The number of hydrogen-bond acceptors (Lipinski definition) is 7. The molecule has 0 fully saturated rings. The largest absolute Gasteiger partial charge is 0.493 e. The van der Waals surface area contributed by atoms with Crippen molar-refractivity contribution in [2.45, 2.75) is 26.4 Å². The monoisotopic (exact) mass is 470 g/mol. The van der Waals surface area contributed by atoms with Gasteiger partial charge in [-0.25, -0.2) is 4.98 Å². The van der Waals surface area contributed by atoms with Crippen LogP contribution in [0.2, 0.25) is 0 Å². The Morgan fingerprint density at radius 3 is 2.92 bits per heavy atom. The van der Waals surface area contributed by atoms with Gasteiger partial charge in [0.2, 0.25) is 5.82 Å². The summed E-state index contributed by atoms with van der Waals surface area (Å²) in [6, 6.07) is 6.53. The average molecular weight is 470 g/mol. The summed E-state index contributed by atoms with van der Waals surface area (Å²) in [5.74, 6) is 1.36. The number of benzene rings is 1. The lowest BCUT2D eigenvalue weighted by atomic mass is 10.2. The van der Waals surface area contributed by atoms with Gasteiger partial charge in [0.15, 0.2) is 11.5 Å². The molecule has 0 bridgehead atoms. The Morgan fingerprint density at radius 2 is 2.27 bits per heavy atom. The second kappa shape index (κ2) is 9.32. The molecule has 1 aromatic heterocycles. The number of nitrogens with one attached hydrogen (secondary N) is 1. The van der Waals surface area contributed by atoms with Crippen molar-refractivity contribution in [1.29, 1.82) is 0 Å². The molecule has 26 heavy (non-hydrogen) atoms. The fraction of sp³-hybridized carbons (Fsp3) is 0.294. The molecule has 0 unspecified atom stereocenters. The predicted molar refractivity (Wildman–Crippen MR) is 108 cm³/mol. The molecule has 9 heteroatoms. The van der Waals surface area contributed by atoms with E-state index >= 15 is 0 Å². The number of methoxy groups -OCH3 is 1. The van der Waals surface area contributed by atoms with Crippen LogP contribution in [0.3, 0.4) is 0 Å². The lowest BCUT2D eigenvalue weighted by Gasteiger charge is -2.17. The summed E-state index contributed by atoms with van der Waals surface area (Å²) < 4.78 is 12.2. The minimum atomic E-state index is -0.516. The van der Waals surface area contributed by atoms with Gasteiger partial charge in [-0.2, -0.15) is 5.10 Å². The molecular formula is C17H19IN4O4. The minimum absolute atomic E-state index is 0.0725. The number of halogens is 1. The number of pyridine rings is 1. The lowest BCUT2D eigenvalue weighted by molar-refractivity contribution is -0.384. The molecular weight excluding hydrogens is 451 g/mol. The van der Waals surface area contributed by atoms with Crippen LogP contribution in [-0.4, -0.2) is 29.3 Å². The summed E-state index contributed by atoms with van der Waals surface area (Å²) in [7, 11) is 1.57. The Morgan fingerprint density at radius 1 is 1.50 bits per heavy atom. The first-order valence-electron chi connectivity index (χ1n) is 7.88. The maximum Gasteiger partial charge on any atom is 0.313 e. The number of hydrogen-bond donors (Lipinski definition) is 1. The van der Waals surface area contributed by atoms with Crippen LogP contribution in [0.5, 0.6) is 11.5 Å². The number of ether oxygens (including phenoxy) is 2. The number of nitrogens with zero attached hydrogens (tertiary/aromatic N) is 3. The maximum atomic E-state index is 11.0. The predicted octanol–water partition coefficient (Wildman–Crippen LogP) is 4.23. The van der Waals surface area contributed by atoms with Crippen molar-refractivity contribution < 1.29 is 14.4 Å². The zero-order valence-corrected chi connectivity index (χ0v) is 16.8. The molecule has 0 saturated heterocycles. The van der Waals surface area contributed by atoms with Crippen LogP contribution in [0, 0.1) is 13.7 Å². The van der Waals surface area contributed by atoms with Gasteiger partial charge in [0.25, 0.3) is 0 Å². The van der Waals surface area contributed by atoms with Gasteiger partial charge >= 0.3 is 5.69 Å². The number of rotatable bonds is 8. The van der Waals surface area contributed by atoms with Crippen molar-refractivity contribution in [3.63, 3.8) is 0 Å². The molecule has 1 N–H and O–H groups in total. The van der Waals surface area contributed by atoms with Crippen LogP contribution in [0.4, 0.5) is 11.5 Å². The second-order valence-corrected chi connectivity index (χ2v) is 6.53. The van der Waals surface area contributed by atoms with Gasteiger partial charge in [-0.05, 0) is 59.7 Å². The highest BCUT2D eigenvalue weighted by molar-refractivity contribution is 14.1. The van der Waals surface area contributed by atoms with Crippen molar-refractivity contribution in [2.24, 2.45) is 5.10 Å². The van der Waals surface area contributed by atoms with Crippen LogP contribution < -0.4 is 14.9 Å². The fourth-order valence-electron chi connectivity index (χ4n) is 2.01. The molecule has 0 aliphatic carbocycles. The van der Waals surface area contributed by atoms with E-state index in [9.17, 15) is 10.1 Å². The molecule has 0 radical (unpaired) electrons. The third-order valence-corrected chi connectivity index (χ3v) is 4.31. The molecule has 2 aromatic rings. The lowest BCUT2D eigenvalue weighted by Crippen LogP contribution is -2.11. The molecule has 8 nitrogen and oxygen atoms in total. The number of nitro groups is 1. The van der Waals surface area contributed by atoms with Gasteiger partial charge in [-0.1, -0.05) is 6.92 Å². The summed E-state index contributed by atoms with van der Waals surface area (Å²) in [5, 5.41) is 15.0. The first kappa shape index (κ1) is 19.9. The molecule has 0 saturated carbocycles. The number of anilines is 1. The highest BCUT2D eigenvalue weighted by Crippen LogP contribution is 2.34. The topological polar surface area (TPSA) is 98.9 Å². The zero-order valence-electron chi connectivity index (χ0n) is 14.6. The Kier molecular flexibility index (Phi) is 7.13. The van der Waals surface area contributed by atoms with Gasteiger partial charge in [0.1, 0.15) is 0 Å². The van der Waals surface area contributed by atoms with E-state index in [1.165, 1.54) is 24.5 Å². The van der Waals surface area contributed by atoms with Gasteiger partial charge in [0.05, 0.1) is 27.9 Å². The summed E-state index contributed by atoms with van der Waals surface area (Å²) in [4.78, 5) is 14.4. The van der Waals surface area contributed by atoms with E-state index in [1.807, 2.05) is 19.9 Å². The fourth-order valence-corrected chi connectivity index (χ4v) is 2.76. The zero-order chi connectivity index (χ0) is 19.1. The highest BCUT2D eigenvalue weighted by atomic mass is 127. The van der Waals surface area contributed by atoms with E-state index in [-0.39, 0.29) is 17.6 Å². The van der Waals surface area contributed by atoms with Crippen LogP contribution >= 0.6 is 22.6 Å². The quantitative estimate of drug-likeness (QED) is 0.269. The van der Waals surface area contributed by atoms with Crippen LogP contribution in [0.15, 0.2) is 35.6 Å². The third-order valence-electron chi connectivity index (χ3n) is 3.51. The maximum absolute atomic E-state index is 11.0. The van der Waals surface area contributed by atoms with Crippen molar-refractivity contribution in [3.8, 4) is 11.5 Å². The highest BCUT2D eigenvalue weighted by Gasteiger charge is 2.15. The Balaban J connectivity index is 2.21. The van der Waals surface area contributed by atoms with Gasteiger partial charge in [0, 0.05) is 12.3 Å². The first-order chi connectivity index (χ1) is 12.5. The molecule has 0 aliphatic heterocycles. The van der Waals surface area contributed by atoms with Gasteiger partial charge in [-0.3, -0.25) is 15.5 Å². The van der Waals surface area contributed by atoms with Gasteiger partial charge in [-0.15, -0.1) is 0 Å². The molecule has 2 rings (SSSR count). The van der Waals surface area contributed by atoms with E-state index < -0.39 is 4.92 Å². The van der Waals surface area contributed by atoms with E-state index in [0.29, 0.717) is 11.5 Å². The molecule has 138 valence electrons. The summed E-state index contributed by atoms with van der Waals surface area (Å²) >= 11 is 2.17. The van der Waals surface area contributed by atoms with E-state index in [4.69, 9.17) is 9.47 Å². The Hall–Kier alpha value is -2.43. The summed E-state index contributed by atoms with van der Waals surface area (Å²) in [5.41, 5.74) is 3.21. The van der Waals surface area contributed by atoms with Crippen LogP contribution in [-0.2, 0) is 0 Å². The van der Waals surface area contributed by atoms with Crippen molar-refractivity contribution in [3.05, 3.63) is 49.7 Å². The Bertz CT molecular complexity index is 813. The smallest absolute Gasteiger partial charge is 0.313 e. The number of aromatic nitrogens is 1. The molecule has 1 aromatic carbocycles. The molecule has 1 heterocycles. The van der Waals surface area contributed by atoms with Crippen molar-refractivity contribution in [2.75, 3.05) is 12.5 Å². The summed E-state index contributed by atoms with van der Waals surface area (Å²) in [6.07, 6.45) is 3.95. The first-order valence-corrected chi connectivity index (χ1v) is 8.96. The van der Waals surface area contributed by atoms with E-state index in [0.717, 1.165) is 15.6 Å². The summed E-state index contributed by atoms with van der Waals surface area (Å²) in [6.45, 7) is 4.04. The normalized spacial score (nSPS) is 12.0. The van der Waals surface area contributed by atoms with Crippen LogP contribution in [0.25, 0.3) is 0 Å². The Labute approximate surface area is 164 Å². The minimum Gasteiger partial charge on any atom is -0.493 e. The standard InChI is InChI=1S/C17H19IN4O4/c1-4-11(2)26-16-13(18)8-12(9-15(16)25-3)10-20-21-17-14(22(23)24)6-5-7-19-17/h5-11H,4H2,1-3H3,(H,19,21)/b20-10-/t11-/m1/s1. The molecule has 0 spiro atoms. The SMILES string of the molecule is CC[C@@H](C)Oc1c(I)cc(/C=N\Nc2ncccc2[N+](=O)[O-])cc1OC. The van der Waals surface area contributed by atoms with Crippen molar-refractivity contribution in [1.82, 2.24) is 4.98 Å². The average Bonchev–Trinajstić information content (AvgIpc) is 2.63. The molecule has 1 atom stereocenters. The second-order valence-electron chi connectivity index (χ2n) is 5.37. The van der Waals surface area contributed by atoms with E-state index in [2.05, 4.69) is 38.1 Å². The van der Waals surface area contributed by atoms with E-state index in [1.54, 1.807) is 13.2 Å². The van der Waals surface area contributed by atoms with Crippen molar-refractivity contribution >= 4 is 40.3 Å².